The van der Waals surface area contributed by atoms with Crippen molar-refractivity contribution in [1.82, 2.24) is 4.40 Å². The summed E-state index contributed by atoms with van der Waals surface area (Å²) in [6.45, 7) is -0.652. The van der Waals surface area contributed by atoms with E-state index in [2.05, 4.69) is 9.47 Å². The van der Waals surface area contributed by atoms with Crippen LogP contribution in [-0.4, -0.2) is 54.7 Å². The van der Waals surface area contributed by atoms with Crippen LogP contribution in [0.5, 0.6) is 0 Å². The lowest BCUT2D eigenvalue weighted by atomic mass is 10.2. The maximum absolute atomic E-state index is 12.3. The molecule has 9 heteroatoms. The van der Waals surface area contributed by atoms with Crippen molar-refractivity contribution < 1.29 is 29.0 Å². The van der Waals surface area contributed by atoms with Crippen LogP contribution in [0.15, 0.2) is 35.3 Å². The van der Waals surface area contributed by atoms with Crippen LogP contribution in [0.2, 0.25) is 0 Å². The van der Waals surface area contributed by atoms with Crippen molar-refractivity contribution in [2.24, 2.45) is 0 Å². The Morgan fingerprint density at radius 1 is 1.12 bits per heavy atom. The third-order valence-electron chi connectivity index (χ3n) is 3.52. The van der Waals surface area contributed by atoms with E-state index in [0.29, 0.717) is 5.52 Å². The van der Waals surface area contributed by atoms with Gasteiger partial charge in [0.05, 0.1) is 25.4 Å². The summed E-state index contributed by atoms with van der Waals surface area (Å²) in [7, 11) is 2.38. The van der Waals surface area contributed by atoms with E-state index in [4.69, 9.17) is 0 Å². The molecule has 0 fully saturated rings. The molecule has 0 amide bonds. The number of ether oxygens (including phenoxy) is 2. The minimum atomic E-state index is -1.42. The van der Waals surface area contributed by atoms with E-state index in [9.17, 15) is 24.3 Å². The molecule has 0 saturated heterocycles. The molecule has 0 aliphatic rings. The second kappa shape index (κ2) is 7.47. The number of carboxylic acids is 1. The molecule has 2 rings (SSSR count). The fraction of sp³-hybridized carbons (Fsp3) is 0.250. The molecule has 1 N–H and O–H groups in total. The van der Waals surface area contributed by atoms with Crippen molar-refractivity contribution in [2.75, 3.05) is 32.2 Å². The van der Waals surface area contributed by atoms with E-state index < -0.39 is 29.0 Å². The standard InChI is InChI=1S/C16H16N2O7/c1-24-13(19)8-17(9-14(20)25-2)12-7-10(16(22)23)15(21)18-6-4-3-5-11(12)18/h3-7H,8-9H2,1-2H3,(H,22,23). The molecule has 0 saturated carbocycles. The molecule has 0 spiro atoms. The van der Waals surface area contributed by atoms with Gasteiger partial charge in [-0.25, -0.2) is 4.79 Å². The number of pyridine rings is 2. The highest BCUT2D eigenvalue weighted by Crippen LogP contribution is 2.22. The fourth-order valence-electron chi connectivity index (χ4n) is 2.30. The van der Waals surface area contributed by atoms with Crippen LogP contribution in [-0.2, 0) is 19.1 Å². The first-order chi connectivity index (χ1) is 11.9. The van der Waals surface area contributed by atoms with Crippen LogP contribution in [0, 0.1) is 0 Å². The summed E-state index contributed by atoms with van der Waals surface area (Å²) in [5, 5.41) is 9.27. The molecule has 0 aliphatic carbocycles. The number of hydrogen-bond acceptors (Lipinski definition) is 7. The monoisotopic (exact) mass is 348 g/mol. The Labute approximate surface area is 142 Å². The second-order valence-electron chi connectivity index (χ2n) is 5.02. The summed E-state index contributed by atoms with van der Waals surface area (Å²) in [5.41, 5.74) is -0.653. The first-order valence-electron chi connectivity index (χ1n) is 7.15. The van der Waals surface area contributed by atoms with Crippen molar-refractivity contribution in [2.45, 2.75) is 0 Å². The predicted octanol–water partition coefficient (Wildman–Crippen LogP) is 0.150. The lowest BCUT2D eigenvalue weighted by Crippen LogP contribution is -2.37. The quantitative estimate of drug-likeness (QED) is 0.734. The average molecular weight is 348 g/mol. The number of aromatic carboxylic acids is 1. The molecule has 0 unspecified atom stereocenters. The average Bonchev–Trinajstić information content (AvgIpc) is 2.61. The van der Waals surface area contributed by atoms with E-state index in [0.717, 1.165) is 10.5 Å². The molecule has 2 aromatic rings. The molecule has 2 heterocycles. The summed E-state index contributed by atoms with van der Waals surface area (Å²) in [5.74, 6) is -2.69. The third kappa shape index (κ3) is 3.77. The van der Waals surface area contributed by atoms with Crippen LogP contribution in [0.3, 0.4) is 0 Å². The molecule has 0 aliphatic heterocycles. The first-order valence-corrected chi connectivity index (χ1v) is 7.15. The van der Waals surface area contributed by atoms with Crippen molar-refractivity contribution in [3.8, 4) is 0 Å². The Morgan fingerprint density at radius 3 is 2.24 bits per heavy atom. The van der Waals surface area contributed by atoms with E-state index in [1.165, 1.54) is 25.3 Å². The van der Waals surface area contributed by atoms with Crippen molar-refractivity contribution in [3.05, 3.63) is 46.4 Å². The smallest absolute Gasteiger partial charge is 0.341 e. The van der Waals surface area contributed by atoms with Gasteiger partial charge in [-0.1, -0.05) is 6.07 Å². The van der Waals surface area contributed by atoms with Gasteiger partial charge in [-0.05, 0) is 18.2 Å². The van der Waals surface area contributed by atoms with Crippen LogP contribution in [0.1, 0.15) is 10.4 Å². The van der Waals surface area contributed by atoms with Gasteiger partial charge in [0.1, 0.15) is 18.7 Å². The number of aromatic nitrogens is 1. The van der Waals surface area contributed by atoms with E-state index in [1.807, 2.05) is 0 Å². The largest absolute Gasteiger partial charge is 0.477 e. The lowest BCUT2D eigenvalue weighted by molar-refractivity contribution is -0.140. The predicted molar refractivity (Wildman–Crippen MR) is 86.9 cm³/mol. The van der Waals surface area contributed by atoms with Crippen LogP contribution in [0.4, 0.5) is 5.69 Å². The van der Waals surface area contributed by atoms with E-state index in [1.54, 1.807) is 18.2 Å². The maximum Gasteiger partial charge on any atom is 0.341 e. The molecule has 2 aromatic heterocycles. The number of carbonyl (C=O) groups excluding carboxylic acids is 2. The fourth-order valence-corrected chi connectivity index (χ4v) is 2.30. The summed E-state index contributed by atoms with van der Waals surface area (Å²) in [6, 6.07) is 5.91. The van der Waals surface area contributed by atoms with Gasteiger partial charge in [0.25, 0.3) is 5.56 Å². The van der Waals surface area contributed by atoms with Crippen molar-refractivity contribution in [3.63, 3.8) is 0 Å². The molecule has 0 atom stereocenters. The number of methoxy groups -OCH3 is 2. The Kier molecular flexibility index (Phi) is 5.38. The van der Waals surface area contributed by atoms with Gasteiger partial charge >= 0.3 is 17.9 Å². The number of hydrogen-bond donors (Lipinski definition) is 1. The molecule has 132 valence electrons. The zero-order valence-corrected chi connectivity index (χ0v) is 13.6. The zero-order chi connectivity index (χ0) is 18.6. The van der Waals surface area contributed by atoms with Gasteiger partial charge in [0, 0.05) is 6.20 Å². The number of anilines is 1. The van der Waals surface area contributed by atoms with Gasteiger partial charge in [-0.3, -0.25) is 18.8 Å². The molecule has 0 bridgehead atoms. The SMILES string of the molecule is COC(=O)CN(CC(=O)OC)c1cc(C(=O)O)c(=O)n2ccccc12. The van der Waals surface area contributed by atoms with Crippen molar-refractivity contribution in [1.29, 1.82) is 0 Å². The normalized spacial score (nSPS) is 10.3. The Morgan fingerprint density at radius 2 is 1.72 bits per heavy atom. The van der Waals surface area contributed by atoms with Gasteiger partial charge < -0.3 is 19.5 Å². The zero-order valence-electron chi connectivity index (χ0n) is 13.6. The topological polar surface area (TPSA) is 115 Å². The highest BCUT2D eigenvalue weighted by Gasteiger charge is 2.22. The van der Waals surface area contributed by atoms with Gasteiger partial charge in [0.2, 0.25) is 0 Å². The molecule has 25 heavy (non-hydrogen) atoms. The van der Waals surface area contributed by atoms with Crippen LogP contribution >= 0.6 is 0 Å². The summed E-state index contributed by atoms with van der Waals surface area (Å²) >= 11 is 0. The van der Waals surface area contributed by atoms with Crippen LogP contribution < -0.4 is 10.5 Å². The highest BCUT2D eigenvalue weighted by atomic mass is 16.5. The number of carboxylic acid groups (broad SMARTS) is 1. The Hall–Kier alpha value is -3.36. The highest BCUT2D eigenvalue weighted by molar-refractivity contribution is 5.92. The number of fused-ring (bicyclic) bond motifs is 1. The van der Waals surface area contributed by atoms with Crippen LogP contribution in [0.25, 0.3) is 5.52 Å². The number of rotatable bonds is 6. The number of nitrogens with zero attached hydrogens (tertiary/aromatic N) is 2. The van der Waals surface area contributed by atoms with Gasteiger partial charge in [-0.15, -0.1) is 0 Å². The third-order valence-corrected chi connectivity index (χ3v) is 3.52. The molecule has 9 nitrogen and oxygen atoms in total. The Balaban J connectivity index is 2.70. The van der Waals surface area contributed by atoms with Crippen molar-refractivity contribution >= 4 is 29.1 Å². The molecular formula is C16H16N2O7. The van der Waals surface area contributed by atoms with E-state index in [-0.39, 0.29) is 18.8 Å². The van der Waals surface area contributed by atoms with Gasteiger partial charge in [-0.2, -0.15) is 0 Å². The summed E-state index contributed by atoms with van der Waals surface area (Å²) < 4.78 is 10.4. The molecule has 0 aromatic carbocycles. The maximum atomic E-state index is 12.3. The number of carbonyl (C=O) groups is 3. The van der Waals surface area contributed by atoms with E-state index >= 15 is 0 Å². The first kappa shape index (κ1) is 18.0. The molecular weight excluding hydrogens is 332 g/mol. The summed E-state index contributed by atoms with van der Waals surface area (Å²) in [4.78, 5) is 48.3. The number of esters is 2. The Bertz CT molecular complexity index is 870. The summed E-state index contributed by atoms with van der Waals surface area (Å²) in [6.07, 6.45) is 1.40. The minimum absolute atomic E-state index is 0.216. The molecule has 0 radical (unpaired) electrons. The van der Waals surface area contributed by atoms with Gasteiger partial charge in [0.15, 0.2) is 0 Å². The lowest BCUT2D eigenvalue weighted by Gasteiger charge is -2.24. The minimum Gasteiger partial charge on any atom is -0.477 e. The second-order valence-corrected chi connectivity index (χ2v) is 5.02.